The maximum absolute atomic E-state index is 8.30. The standard InChI is InChI=1S/C12H19BrN4/c1-12(2)4-3-5-14-10(12)8-17-11-15-6-9(13)7-16-11/h6-7,10,14H,3-5,8H2,1-2H3,(H,15,16,17)/i8D/hD. The maximum atomic E-state index is 8.30. The van der Waals surface area contributed by atoms with Crippen LogP contribution in [0.2, 0.25) is 1.41 Å². The molecule has 2 unspecified atom stereocenters. The van der Waals surface area contributed by atoms with Gasteiger partial charge in [-0.25, -0.2) is 9.97 Å². The molecule has 4 nitrogen and oxygen atoms in total. The lowest BCUT2D eigenvalue weighted by molar-refractivity contribution is 0.188. The fourth-order valence-electron chi connectivity index (χ4n) is 2.00. The Morgan fingerprint density at radius 1 is 1.65 bits per heavy atom. The van der Waals surface area contributed by atoms with Crippen LogP contribution in [0.5, 0.6) is 0 Å². The van der Waals surface area contributed by atoms with Crippen LogP contribution in [0.4, 0.5) is 5.95 Å². The number of halogens is 1. The van der Waals surface area contributed by atoms with Gasteiger partial charge in [-0.05, 0) is 40.7 Å². The number of piperidine rings is 1. The molecule has 2 rings (SSSR count). The Balaban J connectivity index is 2.13. The molecular weight excluding hydrogens is 280 g/mol. The van der Waals surface area contributed by atoms with Gasteiger partial charge in [0.25, 0.3) is 0 Å². The van der Waals surface area contributed by atoms with E-state index in [1.807, 2.05) is 0 Å². The molecule has 0 radical (unpaired) electrons. The van der Waals surface area contributed by atoms with E-state index in [0.29, 0.717) is 0 Å². The summed E-state index contributed by atoms with van der Waals surface area (Å²) in [5.41, 5.74) is -0.000664. The molecule has 94 valence electrons. The van der Waals surface area contributed by atoms with Crippen LogP contribution in [-0.2, 0) is 0 Å². The van der Waals surface area contributed by atoms with Crippen LogP contribution >= 0.6 is 15.9 Å². The van der Waals surface area contributed by atoms with E-state index >= 15 is 0 Å². The number of aromatic nitrogens is 2. The molecule has 0 amide bonds. The Hall–Kier alpha value is -0.680. The molecular formula is C12H19BrN4. The average molecular weight is 301 g/mol. The van der Waals surface area contributed by atoms with E-state index in [4.69, 9.17) is 2.78 Å². The Labute approximate surface area is 114 Å². The van der Waals surface area contributed by atoms with Crippen LogP contribution in [0.3, 0.4) is 0 Å². The molecule has 2 heterocycles. The minimum Gasteiger partial charge on any atom is -0.353 e. The van der Waals surface area contributed by atoms with Crippen LogP contribution < -0.4 is 10.6 Å². The van der Waals surface area contributed by atoms with Crippen molar-refractivity contribution in [3.8, 4) is 0 Å². The second kappa shape index (κ2) is 5.31. The van der Waals surface area contributed by atoms with Crippen LogP contribution in [0.1, 0.15) is 28.1 Å². The SMILES string of the molecule is [2H]C(C1NCCCC1(C)C)N([2H])c1ncc(Br)cn1. The fourth-order valence-corrected chi connectivity index (χ4v) is 2.21. The summed E-state index contributed by atoms with van der Waals surface area (Å²) in [5.74, 6) is 0.256. The van der Waals surface area contributed by atoms with Crippen LogP contribution in [0, 0.1) is 5.41 Å². The number of nitrogens with zero attached hydrogens (tertiary/aromatic N) is 2. The maximum Gasteiger partial charge on any atom is 0.222 e. The van der Waals surface area contributed by atoms with E-state index in [9.17, 15) is 0 Å². The smallest absolute Gasteiger partial charge is 0.222 e. The second-order valence-electron chi connectivity index (χ2n) is 5.00. The van der Waals surface area contributed by atoms with Crippen LogP contribution in [0.15, 0.2) is 16.9 Å². The van der Waals surface area contributed by atoms with Gasteiger partial charge in [0.1, 0.15) is 0 Å². The summed E-state index contributed by atoms with van der Waals surface area (Å²) in [7, 11) is 0. The van der Waals surface area contributed by atoms with Crippen molar-refractivity contribution in [2.45, 2.75) is 32.7 Å². The number of anilines is 1. The lowest BCUT2D eigenvalue weighted by Gasteiger charge is -2.39. The highest BCUT2D eigenvalue weighted by atomic mass is 79.9. The third kappa shape index (κ3) is 3.39. The highest BCUT2D eigenvalue weighted by Gasteiger charge is 2.31. The lowest BCUT2D eigenvalue weighted by Crippen LogP contribution is -2.50. The van der Waals surface area contributed by atoms with Gasteiger partial charge in [-0.3, -0.25) is 0 Å². The molecule has 1 aliphatic rings. The van der Waals surface area contributed by atoms with Gasteiger partial charge >= 0.3 is 0 Å². The van der Waals surface area contributed by atoms with E-state index in [0.717, 1.165) is 29.2 Å². The molecule has 0 spiro atoms. The van der Waals surface area contributed by atoms with Gasteiger partial charge in [0.15, 0.2) is 1.41 Å². The van der Waals surface area contributed by atoms with Gasteiger partial charge < -0.3 is 10.6 Å². The van der Waals surface area contributed by atoms with E-state index in [2.05, 4.69) is 45.1 Å². The summed E-state index contributed by atoms with van der Waals surface area (Å²) in [4.78, 5) is 8.15. The van der Waals surface area contributed by atoms with Gasteiger partial charge in [0.05, 0.1) is 5.84 Å². The van der Waals surface area contributed by atoms with Crippen molar-refractivity contribution in [3.05, 3.63) is 16.9 Å². The third-order valence-electron chi connectivity index (χ3n) is 3.15. The zero-order chi connectivity index (χ0) is 14.0. The Kier molecular flexibility index (Phi) is 3.21. The van der Waals surface area contributed by atoms with Gasteiger partial charge in [-0.2, -0.15) is 0 Å². The molecule has 1 aliphatic heterocycles. The van der Waals surface area contributed by atoms with Gasteiger partial charge in [-0.1, -0.05) is 13.8 Å². The summed E-state index contributed by atoms with van der Waals surface area (Å²) in [5, 5.41) is 4.44. The quantitative estimate of drug-likeness (QED) is 0.900. The second-order valence-corrected chi connectivity index (χ2v) is 5.92. The normalized spacial score (nSPS) is 26.9. The Morgan fingerprint density at radius 2 is 2.35 bits per heavy atom. The summed E-state index contributed by atoms with van der Waals surface area (Å²) in [6.07, 6.45) is 5.37. The van der Waals surface area contributed by atoms with Crippen molar-refractivity contribution in [1.82, 2.24) is 15.3 Å². The van der Waals surface area contributed by atoms with Gasteiger partial charge in [0, 0.05) is 25.0 Å². The molecule has 5 heteroatoms. The highest BCUT2D eigenvalue weighted by molar-refractivity contribution is 9.10. The topological polar surface area (TPSA) is 49.8 Å². The predicted molar refractivity (Wildman–Crippen MR) is 73.0 cm³/mol. The zero-order valence-electron chi connectivity index (χ0n) is 12.2. The molecule has 17 heavy (non-hydrogen) atoms. The van der Waals surface area contributed by atoms with Crippen LogP contribution in [0.25, 0.3) is 0 Å². The van der Waals surface area contributed by atoms with Crippen molar-refractivity contribution in [2.24, 2.45) is 5.41 Å². The molecule has 2 N–H and O–H groups in total. The molecule has 1 aromatic rings. The summed E-state index contributed by atoms with van der Waals surface area (Å²) in [6, 6.07) is -0.0639. The number of nitrogens with one attached hydrogen (secondary N) is 2. The monoisotopic (exact) mass is 300 g/mol. The van der Waals surface area contributed by atoms with Gasteiger partial charge in [-0.15, -0.1) is 0 Å². The molecule has 1 fully saturated rings. The van der Waals surface area contributed by atoms with E-state index in [-0.39, 0.29) is 17.4 Å². The van der Waals surface area contributed by atoms with Crippen molar-refractivity contribution in [1.29, 1.82) is 0 Å². The first-order valence-electron chi connectivity index (χ1n) is 6.85. The number of hydrogen-bond acceptors (Lipinski definition) is 4. The molecule has 2 atom stereocenters. The average Bonchev–Trinajstić information content (AvgIpc) is 2.37. The first kappa shape index (κ1) is 10.3. The third-order valence-corrected chi connectivity index (χ3v) is 3.56. The minimum atomic E-state index is -0.725. The first-order chi connectivity index (χ1) is 8.92. The lowest BCUT2D eigenvalue weighted by atomic mass is 9.77. The zero-order valence-corrected chi connectivity index (χ0v) is 11.7. The molecule has 0 saturated carbocycles. The Morgan fingerprint density at radius 3 is 3.00 bits per heavy atom. The highest BCUT2D eigenvalue weighted by Crippen LogP contribution is 2.29. The van der Waals surface area contributed by atoms with E-state index < -0.39 is 6.52 Å². The summed E-state index contributed by atoms with van der Waals surface area (Å²) in [6.45, 7) is 4.46. The largest absolute Gasteiger partial charge is 0.353 e. The molecule has 1 saturated heterocycles. The predicted octanol–water partition coefficient (Wildman–Crippen LogP) is 2.43. The first-order valence-corrected chi connectivity index (χ1v) is 6.62. The molecule has 0 aromatic carbocycles. The number of hydrogen-bond donors (Lipinski definition) is 2. The van der Waals surface area contributed by atoms with Crippen LogP contribution in [-0.4, -0.2) is 29.1 Å². The van der Waals surface area contributed by atoms with Gasteiger partial charge in [0.2, 0.25) is 5.95 Å². The number of rotatable bonds is 3. The Bertz CT molecular complexity index is 426. The van der Waals surface area contributed by atoms with Crippen molar-refractivity contribution < 1.29 is 2.78 Å². The summed E-state index contributed by atoms with van der Waals surface area (Å²) >= 11 is 3.26. The molecule has 1 aromatic heterocycles. The minimum absolute atomic E-state index is 0.000664. The van der Waals surface area contributed by atoms with Crippen molar-refractivity contribution in [2.75, 3.05) is 18.4 Å². The summed E-state index contributed by atoms with van der Waals surface area (Å²) < 4.78 is 17.1. The van der Waals surface area contributed by atoms with E-state index in [1.165, 1.54) is 0 Å². The fraction of sp³-hybridized carbons (Fsp3) is 0.667. The van der Waals surface area contributed by atoms with Crippen molar-refractivity contribution >= 4 is 21.9 Å². The van der Waals surface area contributed by atoms with Crippen molar-refractivity contribution in [3.63, 3.8) is 0 Å². The molecule has 0 bridgehead atoms. The van der Waals surface area contributed by atoms with E-state index in [1.54, 1.807) is 12.4 Å². The molecule has 0 aliphatic carbocycles.